The van der Waals surface area contributed by atoms with Gasteiger partial charge in [-0.2, -0.15) is 0 Å². The lowest BCUT2D eigenvalue weighted by atomic mass is 9.43. The first kappa shape index (κ1) is 36.1. The summed E-state index contributed by atoms with van der Waals surface area (Å²) in [6, 6.07) is 6.94. The van der Waals surface area contributed by atoms with Crippen molar-refractivity contribution in [3.05, 3.63) is 29.8 Å². The lowest BCUT2D eigenvalue weighted by Crippen LogP contribution is -2.62. The van der Waals surface area contributed by atoms with Gasteiger partial charge in [-0.25, -0.2) is 0 Å². The van der Waals surface area contributed by atoms with Crippen LogP contribution in [0.2, 0.25) is 0 Å². The number of fused-ring (bicyclic) bond motifs is 5. The first-order chi connectivity index (χ1) is 22.1. The molecule has 4 saturated carbocycles. The van der Waals surface area contributed by atoms with Crippen molar-refractivity contribution in [2.45, 2.75) is 129 Å². The van der Waals surface area contributed by atoms with Gasteiger partial charge < -0.3 is 35.8 Å². The summed E-state index contributed by atoms with van der Waals surface area (Å²) in [5, 5.41) is 44.6. The number of aliphatic hydroxyl groups is 4. The second-order valence-corrected chi connectivity index (χ2v) is 16.4. The second kappa shape index (κ2) is 14.3. The summed E-state index contributed by atoms with van der Waals surface area (Å²) >= 11 is 0. The van der Waals surface area contributed by atoms with Gasteiger partial charge in [-0.05, 0) is 129 Å². The minimum Gasteiger partial charge on any atom is -0.491 e. The molecule has 7 unspecified atom stereocenters. The van der Waals surface area contributed by atoms with Crippen LogP contribution in [-0.4, -0.2) is 80.7 Å². The smallest absolute Gasteiger partial charge is 0.222 e. The minimum absolute atomic E-state index is 0.00631. The number of hydrogen-bond donors (Lipinski definition) is 5. The fourth-order valence-corrected chi connectivity index (χ4v) is 10.8. The molecule has 0 aromatic heterocycles. The SMILES string of the molecule is CC(CCC(=O)N(CC(O)COc1ccc(CC(N)=O)cc1)C(C)C)C1CCC2C3C(C[C@H](O)[C@]12C)[C@@]1(C)CC[C@@H](O)CC1C[C@H]3O. The third kappa shape index (κ3) is 7.24. The Hall–Kier alpha value is -2.20. The molecule has 0 bridgehead atoms. The summed E-state index contributed by atoms with van der Waals surface area (Å²) in [4.78, 5) is 26.4. The molecule has 47 heavy (non-hydrogen) atoms. The monoisotopic (exact) mass is 656 g/mol. The van der Waals surface area contributed by atoms with Crippen molar-refractivity contribution in [2.24, 2.45) is 52.1 Å². The summed E-state index contributed by atoms with van der Waals surface area (Å²) in [7, 11) is 0. The third-order valence-corrected chi connectivity index (χ3v) is 13.4. The molecule has 264 valence electrons. The predicted octanol–water partition coefficient (Wildman–Crippen LogP) is 4.07. The van der Waals surface area contributed by atoms with E-state index in [9.17, 15) is 30.0 Å². The molecule has 9 heteroatoms. The third-order valence-electron chi connectivity index (χ3n) is 13.4. The number of carbonyl (C=O) groups is 2. The lowest BCUT2D eigenvalue weighted by Gasteiger charge is -2.63. The van der Waals surface area contributed by atoms with Gasteiger partial charge in [0, 0.05) is 12.5 Å². The highest BCUT2D eigenvalue weighted by atomic mass is 16.5. The minimum atomic E-state index is -0.861. The molecule has 0 spiro atoms. The van der Waals surface area contributed by atoms with E-state index in [4.69, 9.17) is 10.5 Å². The maximum atomic E-state index is 13.5. The van der Waals surface area contributed by atoms with Crippen LogP contribution in [0.4, 0.5) is 0 Å². The first-order valence-corrected chi connectivity index (χ1v) is 18.2. The quantitative estimate of drug-likeness (QED) is 0.227. The number of nitrogens with zero attached hydrogens (tertiary/aromatic N) is 1. The van der Waals surface area contributed by atoms with E-state index in [1.165, 1.54) is 0 Å². The normalized spacial score (nSPS) is 37.7. The Morgan fingerprint density at radius 2 is 1.70 bits per heavy atom. The van der Waals surface area contributed by atoms with E-state index in [2.05, 4.69) is 20.8 Å². The number of carbonyl (C=O) groups excluding carboxylic acids is 2. The molecule has 0 aliphatic heterocycles. The fraction of sp³-hybridized carbons (Fsp3) is 0.789. The van der Waals surface area contributed by atoms with Crippen LogP contribution in [0.1, 0.15) is 98.0 Å². The molecule has 2 amide bonds. The van der Waals surface area contributed by atoms with Crippen LogP contribution in [0.25, 0.3) is 0 Å². The highest BCUT2D eigenvalue weighted by Gasteiger charge is 2.65. The van der Waals surface area contributed by atoms with Crippen LogP contribution in [0.3, 0.4) is 0 Å². The van der Waals surface area contributed by atoms with Gasteiger partial charge in [-0.1, -0.05) is 32.9 Å². The number of rotatable bonds is 12. The number of hydrogen-bond acceptors (Lipinski definition) is 7. The topological polar surface area (TPSA) is 154 Å². The summed E-state index contributed by atoms with van der Waals surface area (Å²) in [6.45, 7) is 11.0. The molecule has 9 nitrogen and oxygen atoms in total. The van der Waals surface area contributed by atoms with Crippen molar-refractivity contribution in [3.8, 4) is 5.75 Å². The zero-order valence-corrected chi connectivity index (χ0v) is 29.2. The van der Waals surface area contributed by atoms with Gasteiger partial charge in [-0.3, -0.25) is 9.59 Å². The van der Waals surface area contributed by atoms with Gasteiger partial charge in [0.1, 0.15) is 18.5 Å². The summed E-state index contributed by atoms with van der Waals surface area (Å²) in [5.74, 6) is 1.67. The highest BCUT2D eigenvalue weighted by Crippen LogP contribution is 2.68. The van der Waals surface area contributed by atoms with Crippen LogP contribution >= 0.6 is 0 Å². The van der Waals surface area contributed by atoms with E-state index in [1.54, 1.807) is 29.2 Å². The largest absolute Gasteiger partial charge is 0.491 e. The molecule has 5 rings (SSSR count). The molecule has 12 atom stereocenters. The van der Waals surface area contributed by atoms with E-state index in [0.29, 0.717) is 30.9 Å². The Kier molecular flexibility index (Phi) is 11.0. The number of benzene rings is 1. The van der Waals surface area contributed by atoms with Gasteiger partial charge in [0.2, 0.25) is 11.8 Å². The lowest BCUT2D eigenvalue weighted by molar-refractivity contribution is -0.207. The molecule has 0 radical (unpaired) electrons. The van der Waals surface area contributed by atoms with E-state index in [-0.39, 0.29) is 78.0 Å². The number of primary amides is 1. The zero-order valence-electron chi connectivity index (χ0n) is 29.2. The van der Waals surface area contributed by atoms with Crippen molar-refractivity contribution >= 4 is 11.8 Å². The van der Waals surface area contributed by atoms with E-state index < -0.39 is 24.2 Å². The van der Waals surface area contributed by atoms with E-state index >= 15 is 0 Å². The molecule has 1 aromatic carbocycles. The molecular weight excluding hydrogens is 596 g/mol. The maximum Gasteiger partial charge on any atom is 0.222 e. The second-order valence-electron chi connectivity index (χ2n) is 16.4. The number of ether oxygens (including phenoxy) is 1. The average molecular weight is 657 g/mol. The molecule has 1 aromatic rings. The Balaban J connectivity index is 1.17. The fourth-order valence-electron chi connectivity index (χ4n) is 10.8. The molecule has 4 fully saturated rings. The van der Waals surface area contributed by atoms with Gasteiger partial charge in [0.15, 0.2) is 0 Å². The molecule has 0 saturated heterocycles. The standard InChI is InChI=1S/C38H60N2O7/c1-22(2)40(20-27(42)21-47-28-9-7-24(8-10-28)16-34(39)45)35(46)13-6-23(3)29-11-12-30-36-31(19-33(44)38(29,30)5)37(4)15-14-26(41)17-25(37)18-32(36)43/h7-10,22-23,25-27,29-33,36,41-44H,6,11-21H2,1-5H3,(H2,39,45)/t23?,25?,26-,27?,29?,30?,31?,32-,33+,36?,37+,38-/m1/s1. The zero-order chi connectivity index (χ0) is 34.3. The summed E-state index contributed by atoms with van der Waals surface area (Å²) in [6.07, 6.45) is 5.23. The first-order valence-electron chi connectivity index (χ1n) is 18.2. The number of nitrogens with two attached hydrogens (primary N) is 1. The molecule has 4 aliphatic rings. The van der Waals surface area contributed by atoms with Gasteiger partial charge in [0.05, 0.1) is 31.3 Å². The number of amides is 2. The van der Waals surface area contributed by atoms with Gasteiger partial charge in [-0.15, -0.1) is 0 Å². The van der Waals surface area contributed by atoms with Crippen molar-refractivity contribution in [1.29, 1.82) is 0 Å². The molecular formula is C38H60N2O7. The Bertz CT molecular complexity index is 1240. The van der Waals surface area contributed by atoms with Crippen LogP contribution in [0.15, 0.2) is 24.3 Å². The van der Waals surface area contributed by atoms with E-state index in [0.717, 1.165) is 44.1 Å². The van der Waals surface area contributed by atoms with Crippen LogP contribution in [-0.2, 0) is 16.0 Å². The van der Waals surface area contributed by atoms with Crippen molar-refractivity contribution in [3.63, 3.8) is 0 Å². The van der Waals surface area contributed by atoms with Gasteiger partial charge in [0.25, 0.3) is 0 Å². The number of aliphatic hydroxyl groups excluding tert-OH is 4. The summed E-state index contributed by atoms with van der Waals surface area (Å²) in [5.41, 5.74) is 5.80. The van der Waals surface area contributed by atoms with Crippen LogP contribution in [0.5, 0.6) is 5.75 Å². The Morgan fingerprint density at radius 1 is 1.00 bits per heavy atom. The maximum absolute atomic E-state index is 13.5. The summed E-state index contributed by atoms with van der Waals surface area (Å²) < 4.78 is 5.75. The van der Waals surface area contributed by atoms with Crippen LogP contribution in [0, 0.1) is 46.3 Å². The predicted molar refractivity (Wildman–Crippen MR) is 180 cm³/mol. The van der Waals surface area contributed by atoms with Crippen molar-refractivity contribution < 1.29 is 34.8 Å². The van der Waals surface area contributed by atoms with Crippen molar-refractivity contribution in [1.82, 2.24) is 4.90 Å². The van der Waals surface area contributed by atoms with Gasteiger partial charge >= 0.3 is 0 Å². The molecule has 0 heterocycles. The Labute approximate surface area is 281 Å². The van der Waals surface area contributed by atoms with Crippen molar-refractivity contribution in [2.75, 3.05) is 13.2 Å². The Morgan fingerprint density at radius 3 is 2.36 bits per heavy atom. The van der Waals surface area contributed by atoms with Crippen LogP contribution < -0.4 is 10.5 Å². The average Bonchev–Trinajstić information content (AvgIpc) is 3.37. The van der Waals surface area contributed by atoms with E-state index in [1.807, 2.05) is 13.8 Å². The highest BCUT2D eigenvalue weighted by molar-refractivity contribution is 5.77. The molecule has 6 N–H and O–H groups in total. The molecule has 4 aliphatic carbocycles.